The molecule has 0 spiro atoms. The van der Waals surface area contributed by atoms with E-state index < -0.39 is 19.9 Å². The standard InChI is InChI=1S/C18H16N4O4S3/c1-12-17(11-22(20-12)13-6-4-3-5-7-13)29(25,26)21-18-19-15-9-8-14(28(2,23)24)10-16(15)27-18/h3-11H,1-2H3,(H,19,21). The third-order valence-electron chi connectivity index (χ3n) is 4.17. The van der Waals surface area contributed by atoms with Crippen LogP contribution in [-0.2, 0) is 19.9 Å². The molecule has 0 bridgehead atoms. The van der Waals surface area contributed by atoms with E-state index >= 15 is 0 Å². The van der Waals surface area contributed by atoms with Gasteiger partial charge >= 0.3 is 0 Å². The fourth-order valence-electron chi connectivity index (χ4n) is 2.77. The van der Waals surface area contributed by atoms with E-state index in [0.29, 0.717) is 15.9 Å². The van der Waals surface area contributed by atoms with Gasteiger partial charge in [-0.15, -0.1) is 0 Å². The summed E-state index contributed by atoms with van der Waals surface area (Å²) in [7, 11) is -7.28. The third kappa shape index (κ3) is 3.88. The summed E-state index contributed by atoms with van der Waals surface area (Å²) < 4.78 is 53.7. The van der Waals surface area contributed by atoms with E-state index in [0.717, 1.165) is 23.3 Å². The summed E-state index contributed by atoms with van der Waals surface area (Å²) in [4.78, 5) is 4.44. The number of anilines is 1. The minimum absolute atomic E-state index is 0.0393. The van der Waals surface area contributed by atoms with Crippen LogP contribution in [0.4, 0.5) is 5.13 Å². The van der Waals surface area contributed by atoms with Crippen molar-refractivity contribution < 1.29 is 16.8 Å². The first-order valence-corrected chi connectivity index (χ1v) is 12.6. The van der Waals surface area contributed by atoms with Crippen molar-refractivity contribution in [1.82, 2.24) is 14.8 Å². The average molecular weight is 449 g/mol. The van der Waals surface area contributed by atoms with E-state index in [1.54, 1.807) is 13.0 Å². The highest BCUT2D eigenvalue weighted by Gasteiger charge is 2.23. The van der Waals surface area contributed by atoms with Gasteiger partial charge in [-0.2, -0.15) is 5.10 Å². The molecular weight excluding hydrogens is 432 g/mol. The molecule has 2 heterocycles. The van der Waals surface area contributed by atoms with E-state index in [4.69, 9.17) is 0 Å². The van der Waals surface area contributed by atoms with E-state index in [1.807, 2.05) is 30.3 Å². The molecule has 8 nitrogen and oxygen atoms in total. The van der Waals surface area contributed by atoms with Crippen LogP contribution in [0, 0.1) is 6.92 Å². The van der Waals surface area contributed by atoms with Crippen LogP contribution in [-0.4, -0.2) is 37.9 Å². The van der Waals surface area contributed by atoms with Crippen LogP contribution in [0.3, 0.4) is 0 Å². The molecule has 0 radical (unpaired) electrons. The van der Waals surface area contributed by atoms with Crippen molar-refractivity contribution in [3.05, 3.63) is 60.4 Å². The number of aryl methyl sites for hydroxylation is 1. The molecule has 4 rings (SSSR count). The average Bonchev–Trinajstić information content (AvgIpc) is 3.23. The monoisotopic (exact) mass is 448 g/mol. The zero-order valence-corrected chi connectivity index (χ0v) is 17.8. The lowest BCUT2D eigenvalue weighted by Crippen LogP contribution is -2.13. The molecule has 0 amide bonds. The van der Waals surface area contributed by atoms with Crippen LogP contribution in [0.5, 0.6) is 0 Å². The Morgan fingerprint density at radius 3 is 2.45 bits per heavy atom. The molecule has 4 aromatic rings. The Morgan fingerprint density at radius 2 is 1.76 bits per heavy atom. The smallest absolute Gasteiger partial charge is 0.254 e. The van der Waals surface area contributed by atoms with Gasteiger partial charge < -0.3 is 0 Å². The number of rotatable bonds is 5. The molecule has 0 aliphatic carbocycles. The van der Waals surface area contributed by atoms with Crippen molar-refractivity contribution in [3.63, 3.8) is 0 Å². The highest BCUT2D eigenvalue weighted by Crippen LogP contribution is 2.30. The number of sulfone groups is 1. The van der Waals surface area contributed by atoms with Crippen molar-refractivity contribution in [2.75, 3.05) is 11.0 Å². The summed E-state index contributed by atoms with van der Waals surface area (Å²) in [6.45, 7) is 1.62. The number of aromatic nitrogens is 3. The first kappa shape index (κ1) is 19.6. The first-order valence-electron chi connectivity index (χ1n) is 8.39. The molecule has 0 unspecified atom stereocenters. The maximum absolute atomic E-state index is 12.9. The number of nitrogens with zero attached hydrogens (tertiary/aromatic N) is 3. The van der Waals surface area contributed by atoms with Gasteiger partial charge in [0.05, 0.1) is 32.7 Å². The molecule has 2 aromatic carbocycles. The summed E-state index contributed by atoms with van der Waals surface area (Å²) in [5, 5.41) is 4.43. The molecule has 0 aliphatic heterocycles. The van der Waals surface area contributed by atoms with Gasteiger partial charge in [0.15, 0.2) is 15.0 Å². The second-order valence-electron chi connectivity index (χ2n) is 6.39. The largest absolute Gasteiger partial charge is 0.267 e. The molecule has 0 atom stereocenters. The van der Waals surface area contributed by atoms with Gasteiger partial charge in [0, 0.05) is 6.26 Å². The van der Waals surface area contributed by atoms with Crippen molar-refractivity contribution in [3.8, 4) is 5.69 Å². The predicted octanol–water partition coefficient (Wildman–Crippen LogP) is 2.99. The van der Waals surface area contributed by atoms with Crippen LogP contribution in [0.15, 0.2) is 64.5 Å². The van der Waals surface area contributed by atoms with Gasteiger partial charge in [-0.1, -0.05) is 29.5 Å². The SMILES string of the molecule is Cc1nn(-c2ccccc2)cc1S(=O)(=O)Nc1nc2ccc(S(C)(=O)=O)cc2s1. The molecule has 2 aromatic heterocycles. The number of hydrogen-bond donors (Lipinski definition) is 1. The number of sulfonamides is 1. The van der Waals surface area contributed by atoms with E-state index in [-0.39, 0.29) is 14.9 Å². The highest BCUT2D eigenvalue weighted by molar-refractivity contribution is 7.93. The number of para-hydroxylation sites is 1. The van der Waals surface area contributed by atoms with E-state index in [2.05, 4.69) is 14.8 Å². The number of nitrogens with one attached hydrogen (secondary N) is 1. The number of hydrogen-bond acceptors (Lipinski definition) is 7. The molecule has 11 heteroatoms. The van der Waals surface area contributed by atoms with Gasteiger partial charge in [-0.25, -0.2) is 26.5 Å². The molecule has 150 valence electrons. The quantitative estimate of drug-likeness (QED) is 0.502. The summed E-state index contributed by atoms with van der Waals surface area (Å²) in [5.41, 5.74) is 1.60. The second kappa shape index (κ2) is 6.94. The number of benzene rings is 2. The Morgan fingerprint density at radius 1 is 1.03 bits per heavy atom. The van der Waals surface area contributed by atoms with Crippen molar-refractivity contribution in [2.45, 2.75) is 16.7 Å². The molecule has 0 saturated heterocycles. The van der Waals surface area contributed by atoms with Gasteiger partial charge in [0.25, 0.3) is 10.0 Å². The van der Waals surface area contributed by atoms with Crippen LogP contribution in [0.25, 0.3) is 15.9 Å². The van der Waals surface area contributed by atoms with Crippen LogP contribution in [0.1, 0.15) is 5.69 Å². The van der Waals surface area contributed by atoms with Crippen molar-refractivity contribution >= 4 is 46.5 Å². The Kier molecular flexibility index (Phi) is 4.68. The second-order valence-corrected chi connectivity index (χ2v) is 11.1. The van der Waals surface area contributed by atoms with Gasteiger partial charge in [0.1, 0.15) is 4.90 Å². The van der Waals surface area contributed by atoms with Crippen LogP contribution < -0.4 is 4.72 Å². The topological polar surface area (TPSA) is 111 Å². The third-order valence-corrected chi connectivity index (χ3v) is 7.79. The predicted molar refractivity (Wildman–Crippen MR) is 112 cm³/mol. The molecule has 1 N–H and O–H groups in total. The fraction of sp³-hybridized carbons (Fsp3) is 0.111. The van der Waals surface area contributed by atoms with Crippen LogP contribution >= 0.6 is 11.3 Å². The van der Waals surface area contributed by atoms with Gasteiger partial charge in [-0.05, 0) is 37.3 Å². The molecule has 0 saturated carbocycles. The fourth-order valence-corrected chi connectivity index (χ4v) is 5.80. The maximum atomic E-state index is 12.9. The Bertz CT molecular complexity index is 1420. The molecular formula is C18H16N4O4S3. The summed E-state index contributed by atoms with van der Waals surface area (Å²) >= 11 is 1.07. The van der Waals surface area contributed by atoms with E-state index in [9.17, 15) is 16.8 Å². The van der Waals surface area contributed by atoms with Gasteiger partial charge in [-0.3, -0.25) is 4.72 Å². The maximum Gasteiger partial charge on any atom is 0.267 e. The van der Waals surface area contributed by atoms with Crippen LogP contribution in [0.2, 0.25) is 0 Å². The Labute approximate surface area is 171 Å². The van der Waals surface area contributed by atoms with Crippen molar-refractivity contribution in [1.29, 1.82) is 0 Å². The minimum Gasteiger partial charge on any atom is -0.254 e. The summed E-state index contributed by atoms with van der Waals surface area (Å²) in [6.07, 6.45) is 2.56. The zero-order chi connectivity index (χ0) is 20.8. The lowest BCUT2D eigenvalue weighted by molar-refractivity contribution is 0.599. The Hall–Kier alpha value is -2.76. The number of thiazole rings is 1. The lowest BCUT2D eigenvalue weighted by Gasteiger charge is -2.03. The normalized spacial score (nSPS) is 12.3. The molecule has 0 fully saturated rings. The molecule has 29 heavy (non-hydrogen) atoms. The van der Waals surface area contributed by atoms with Crippen molar-refractivity contribution in [2.24, 2.45) is 0 Å². The van der Waals surface area contributed by atoms with Gasteiger partial charge in [0.2, 0.25) is 0 Å². The Balaban J connectivity index is 1.68. The number of fused-ring (bicyclic) bond motifs is 1. The van der Waals surface area contributed by atoms with E-state index in [1.165, 1.54) is 23.0 Å². The highest BCUT2D eigenvalue weighted by atomic mass is 32.2. The lowest BCUT2D eigenvalue weighted by atomic mass is 10.3. The summed E-state index contributed by atoms with van der Waals surface area (Å²) in [6, 6.07) is 13.7. The zero-order valence-electron chi connectivity index (χ0n) is 15.4. The summed E-state index contributed by atoms with van der Waals surface area (Å²) in [5.74, 6) is 0. The molecule has 0 aliphatic rings. The first-order chi connectivity index (χ1) is 13.6. The minimum atomic E-state index is -3.92.